The third-order valence-electron chi connectivity index (χ3n) is 2.29. The molecule has 2 aromatic rings. The van der Waals surface area contributed by atoms with Gasteiger partial charge in [0.25, 0.3) is 10.0 Å². The zero-order valence-electron chi connectivity index (χ0n) is 9.77. The fourth-order valence-electron chi connectivity index (χ4n) is 1.34. The van der Waals surface area contributed by atoms with Crippen molar-refractivity contribution in [3.63, 3.8) is 0 Å². The molecule has 8 heteroatoms. The van der Waals surface area contributed by atoms with Crippen molar-refractivity contribution in [3.05, 3.63) is 27.7 Å². The van der Waals surface area contributed by atoms with Crippen LogP contribution in [0.4, 0.5) is 5.82 Å². The molecule has 98 valence electrons. The Kier molecular flexibility index (Phi) is 3.79. The van der Waals surface area contributed by atoms with Crippen molar-refractivity contribution in [1.29, 1.82) is 0 Å². The van der Waals surface area contributed by atoms with Crippen molar-refractivity contribution in [3.8, 4) is 0 Å². The summed E-state index contributed by atoms with van der Waals surface area (Å²) in [6, 6.07) is 3.40. The minimum atomic E-state index is -3.57. The van der Waals surface area contributed by atoms with Crippen LogP contribution in [0.15, 0.2) is 26.2 Å². The van der Waals surface area contributed by atoms with E-state index in [1.165, 1.54) is 0 Å². The van der Waals surface area contributed by atoms with Crippen molar-refractivity contribution in [2.24, 2.45) is 0 Å². The molecule has 2 N–H and O–H groups in total. The van der Waals surface area contributed by atoms with Gasteiger partial charge in [-0.2, -0.15) is 5.10 Å². The maximum atomic E-state index is 12.1. The van der Waals surface area contributed by atoms with E-state index < -0.39 is 10.0 Å². The fourth-order valence-corrected chi connectivity index (χ4v) is 4.67. The van der Waals surface area contributed by atoms with Crippen LogP contribution in [-0.2, 0) is 10.0 Å². The van der Waals surface area contributed by atoms with Crippen LogP contribution in [0.1, 0.15) is 25.5 Å². The number of anilines is 1. The SMILES string of the molecule is CC(C)c1cc(NS(=O)(=O)c2sccc2Br)n[nH]1. The van der Waals surface area contributed by atoms with Crippen molar-refractivity contribution < 1.29 is 8.42 Å². The first-order valence-corrected chi connectivity index (χ1v) is 8.37. The molecular formula is C10H12BrN3O2S2. The van der Waals surface area contributed by atoms with Crippen LogP contribution in [0, 0.1) is 0 Å². The summed E-state index contributed by atoms with van der Waals surface area (Å²) in [5, 5.41) is 8.45. The Bertz CT molecular complexity index is 646. The zero-order valence-corrected chi connectivity index (χ0v) is 13.0. The van der Waals surface area contributed by atoms with E-state index in [4.69, 9.17) is 0 Å². The quantitative estimate of drug-likeness (QED) is 0.889. The fraction of sp³-hybridized carbons (Fsp3) is 0.300. The Morgan fingerprint density at radius 1 is 1.50 bits per heavy atom. The first-order valence-electron chi connectivity index (χ1n) is 5.21. The van der Waals surface area contributed by atoms with Crippen LogP contribution in [-0.4, -0.2) is 18.6 Å². The minimum Gasteiger partial charge on any atom is -0.280 e. The Morgan fingerprint density at radius 3 is 2.72 bits per heavy atom. The molecule has 2 aromatic heterocycles. The first-order chi connectivity index (χ1) is 8.40. The number of H-pyrrole nitrogens is 1. The van der Waals surface area contributed by atoms with Gasteiger partial charge in [-0.15, -0.1) is 11.3 Å². The van der Waals surface area contributed by atoms with Crippen molar-refractivity contribution >= 4 is 43.1 Å². The van der Waals surface area contributed by atoms with Gasteiger partial charge in [-0.05, 0) is 33.3 Å². The maximum absolute atomic E-state index is 12.1. The highest BCUT2D eigenvalue weighted by atomic mass is 79.9. The van der Waals surface area contributed by atoms with Crippen molar-refractivity contribution in [1.82, 2.24) is 10.2 Å². The largest absolute Gasteiger partial charge is 0.280 e. The highest BCUT2D eigenvalue weighted by Gasteiger charge is 2.20. The molecule has 2 rings (SSSR count). The molecule has 0 aliphatic carbocycles. The predicted molar refractivity (Wildman–Crippen MR) is 75.5 cm³/mol. The number of rotatable bonds is 4. The monoisotopic (exact) mass is 349 g/mol. The van der Waals surface area contributed by atoms with Gasteiger partial charge in [-0.3, -0.25) is 9.82 Å². The molecule has 5 nitrogen and oxygen atoms in total. The third-order valence-corrected chi connectivity index (χ3v) is 6.31. The molecule has 0 radical (unpaired) electrons. The van der Waals surface area contributed by atoms with E-state index in [0.29, 0.717) is 10.3 Å². The van der Waals surface area contributed by atoms with E-state index in [1.54, 1.807) is 17.5 Å². The van der Waals surface area contributed by atoms with Crippen molar-refractivity contribution in [2.45, 2.75) is 24.0 Å². The number of hydrogen-bond donors (Lipinski definition) is 2. The molecule has 0 unspecified atom stereocenters. The number of halogens is 1. The van der Waals surface area contributed by atoms with Gasteiger partial charge in [0.15, 0.2) is 10.0 Å². The second kappa shape index (κ2) is 5.02. The summed E-state index contributed by atoms with van der Waals surface area (Å²) in [5.41, 5.74) is 0.887. The molecule has 0 amide bonds. The number of hydrogen-bond acceptors (Lipinski definition) is 4. The lowest BCUT2D eigenvalue weighted by Gasteiger charge is -2.03. The summed E-state index contributed by atoms with van der Waals surface area (Å²) in [6.45, 7) is 4.00. The summed E-state index contributed by atoms with van der Waals surface area (Å²) in [5.74, 6) is 0.572. The molecule has 0 fully saturated rings. The van der Waals surface area contributed by atoms with Gasteiger partial charge < -0.3 is 0 Å². The van der Waals surface area contributed by atoms with Gasteiger partial charge >= 0.3 is 0 Å². The number of sulfonamides is 1. The number of aromatic amines is 1. The second-order valence-electron chi connectivity index (χ2n) is 4.02. The van der Waals surface area contributed by atoms with E-state index in [-0.39, 0.29) is 10.1 Å². The Hall–Kier alpha value is -0.860. The summed E-state index contributed by atoms with van der Waals surface area (Å²) in [4.78, 5) is 0. The normalized spacial score (nSPS) is 12.0. The van der Waals surface area contributed by atoms with E-state index in [2.05, 4.69) is 30.8 Å². The standard InChI is InChI=1S/C10H12BrN3O2S2/c1-6(2)8-5-9(13-12-8)14-18(15,16)10-7(11)3-4-17-10/h3-6H,1-2H3,(H2,12,13,14). The van der Waals surface area contributed by atoms with Crippen molar-refractivity contribution in [2.75, 3.05) is 4.72 Å². The molecule has 0 saturated carbocycles. The van der Waals surface area contributed by atoms with Crippen LogP contribution in [0.2, 0.25) is 0 Å². The Labute approximate surface area is 118 Å². The van der Waals surface area contributed by atoms with Crippen LogP contribution in [0.25, 0.3) is 0 Å². The van der Waals surface area contributed by atoms with Gasteiger partial charge in [-0.1, -0.05) is 13.8 Å². The number of nitrogens with one attached hydrogen (secondary N) is 2. The number of nitrogens with zero attached hydrogens (tertiary/aromatic N) is 1. The highest BCUT2D eigenvalue weighted by molar-refractivity contribution is 9.10. The molecule has 18 heavy (non-hydrogen) atoms. The summed E-state index contributed by atoms with van der Waals surface area (Å²) in [6.07, 6.45) is 0. The molecule has 0 atom stereocenters. The van der Waals surface area contributed by atoms with E-state index in [0.717, 1.165) is 17.0 Å². The summed E-state index contributed by atoms with van der Waals surface area (Å²) in [7, 11) is -3.57. The van der Waals surface area contributed by atoms with Crippen LogP contribution in [0.3, 0.4) is 0 Å². The first kappa shape index (κ1) is 13.6. The van der Waals surface area contributed by atoms with Crippen LogP contribution < -0.4 is 4.72 Å². The zero-order chi connectivity index (χ0) is 13.3. The highest BCUT2D eigenvalue weighted by Crippen LogP contribution is 2.29. The lowest BCUT2D eigenvalue weighted by atomic mass is 10.1. The number of thiophene rings is 1. The molecular weight excluding hydrogens is 338 g/mol. The van der Waals surface area contributed by atoms with E-state index in [9.17, 15) is 8.42 Å². The molecule has 0 aromatic carbocycles. The van der Waals surface area contributed by atoms with Gasteiger partial charge in [0.1, 0.15) is 0 Å². The van der Waals surface area contributed by atoms with E-state index in [1.807, 2.05) is 13.8 Å². The van der Waals surface area contributed by atoms with Crippen LogP contribution in [0.5, 0.6) is 0 Å². The molecule has 0 bridgehead atoms. The Balaban J connectivity index is 2.25. The van der Waals surface area contributed by atoms with Gasteiger partial charge in [-0.25, -0.2) is 8.42 Å². The minimum absolute atomic E-state index is 0.247. The summed E-state index contributed by atoms with van der Waals surface area (Å²) < 4.78 is 27.4. The third kappa shape index (κ3) is 2.76. The lowest BCUT2D eigenvalue weighted by molar-refractivity contribution is 0.602. The number of aromatic nitrogens is 2. The molecule has 2 heterocycles. The molecule has 0 aliphatic heterocycles. The molecule has 0 saturated heterocycles. The Morgan fingerprint density at radius 2 is 2.22 bits per heavy atom. The van der Waals surface area contributed by atoms with Gasteiger partial charge in [0.2, 0.25) is 0 Å². The van der Waals surface area contributed by atoms with Crippen LogP contribution >= 0.6 is 27.3 Å². The smallest absolute Gasteiger partial charge is 0.273 e. The van der Waals surface area contributed by atoms with Gasteiger partial charge in [0, 0.05) is 16.2 Å². The predicted octanol–water partition coefficient (Wildman–Crippen LogP) is 3.16. The summed E-state index contributed by atoms with van der Waals surface area (Å²) >= 11 is 4.36. The maximum Gasteiger partial charge on any atom is 0.273 e. The molecule has 0 spiro atoms. The second-order valence-corrected chi connectivity index (χ2v) is 7.67. The van der Waals surface area contributed by atoms with E-state index >= 15 is 0 Å². The lowest BCUT2D eigenvalue weighted by Crippen LogP contribution is -2.12. The average molecular weight is 350 g/mol. The molecule has 0 aliphatic rings. The van der Waals surface area contributed by atoms with Gasteiger partial charge in [0.05, 0.1) is 0 Å². The topological polar surface area (TPSA) is 74.8 Å². The average Bonchev–Trinajstić information content (AvgIpc) is 2.86.